The average Bonchev–Trinajstić information content (AvgIpc) is 2.92. The predicted molar refractivity (Wildman–Crippen MR) is 73.1 cm³/mol. The molecule has 0 atom stereocenters. The number of nitrogens with zero attached hydrogens (tertiary/aromatic N) is 4. The van der Waals surface area contributed by atoms with Gasteiger partial charge >= 0.3 is 0 Å². The van der Waals surface area contributed by atoms with Crippen molar-refractivity contribution in [1.29, 1.82) is 0 Å². The lowest BCUT2D eigenvalue weighted by molar-refractivity contribution is 0.0954. The summed E-state index contributed by atoms with van der Waals surface area (Å²) in [6.45, 7) is 0.901. The summed E-state index contributed by atoms with van der Waals surface area (Å²) in [5.74, 6) is -0.557. The van der Waals surface area contributed by atoms with Crippen molar-refractivity contribution in [3.05, 3.63) is 46.1 Å². The van der Waals surface area contributed by atoms with E-state index in [1.807, 2.05) is 0 Å². The van der Waals surface area contributed by atoms with Crippen LogP contribution in [0.4, 0.5) is 16.0 Å². The number of amides is 1. The van der Waals surface area contributed by atoms with E-state index in [4.69, 9.17) is 0 Å². The van der Waals surface area contributed by atoms with E-state index in [1.165, 1.54) is 23.7 Å². The minimum absolute atomic E-state index is 0.234. The average molecular weight is 289 g/mol. The lowest BCUT2D eigenvalue weighted by Gasteiger charge is -2.16. The van der Waals surface area contributed by atoms with Gasteiger partial charge in [-0.15, -0.1) is 10.2 Å². The molecule has 2 aromatic rings. The Morgan fingerprint density at radius 2 is 1.95 bits per heavy atom. The number of nitrogens with one attached hydrogen (secondary N) is 1. The van der Waals surface area contributed by atoms with Crippen LogP contribution in [-0.4, -0.2) is 34.3 Å². The van der Waals surface area contributed by atoms with Gasteiger partial charge in [-0.3, -0.25) is 14.2 Å². The molecule has 1 N–H and O–H groups in total. The van der Waals surface area contributed by atoms with Crippen molar-refractivity contribution in [2.75, 3.05) is 18.5 Å². The molecular weight excluding hydrogens is 277 g/mol. The maximum absolute atomic E-state index is 13.0. The van der Waals surface area contributed by atoms with Crippen molar-refractivity contribution in [1.82, 2.24) is 20.1 Å². The molecule has 8 heteroatoms. The van der Waals surface area contributed by atoms with E-state index in [2.05, 4.69) is 15.5 Å². The molecule has 1 aliphatic rings. The highest BCUT2D eigenvalue weighted by atomic mass is 19.1. The predicted octanol–water partition coefficient (Wildman–Crippen LogP) is 0.289. The number of rotatable bonds is 2. The summed E-state index contributed by atoms with van der Waals surface area (Å²) >= 11 is 0. The lowest BCUT2D eigenvalue weighted by atomic mass is 10.3. The summed E-state index contributed by atoms with van der Waals surface area (Å²) in [4.78, 5) is 25.5. The van der Waals surface area contributed by atoms with Gasteiger partial charge in [-0.25, -0.2) is 4.39 Å². The summed E-state index contributed by atoms with van der Waals surface area (Å²) < 4.78 is 14.4. The van der Waals surface area contributed by atoms with Crippen molar-refractivity contribution in [2.45, 2.75) is 6.54 Å². The van der Waals surface area contributed by atoms with E-state index in [1.54, 1.807) is 17.0 Å². The highest BCUT2D eigenvalue weighted by Crippen LogP contribution is 2.26. The van der Waals surface area contributed by atoms with E-state index < -0.39 is 11.5 Å². The molecule has 3 rings (SSSR count). The Labute approximate surface area is 119 Å². The molecule has 0 fully saturated rings. The summed E-state index contributed by atoms with van der Waals surface area (Å²) in [5, 5.41) is 10.0. The van der Waals surface area contributed by atoms with Crippen molar-refractivity contribution in [2.24, 2.45) is 0 Å². The Hall–Kier alpha value is -2.77. The SMILES string of the molecule is CNC(=O)c1nnc2n(c1=O)CCN2c1ccc(F)cc1. The monoisotopic (exact) mass is 289 g/mol. The van der Waals surface area contributed by atoms with E-state index in [-0.39, 0.29) is 11.5 Å². The zero-order valence-corrected chi connectivity index (χ0v) is 11.2. The standard InChI is InChI=1S/C13H12FN5O2/c1-15-11(20)10-12(21)19-7-6-18(13(19)17-16-10)9-4-2-8(14)3-5-9/h2-5H,6-7H2,1H3,(H,15,20). The second-order valence-corrected chi connectivity index (χ2v) is 4.51. The number of halogens is 1. The molecule has 0 radical (unpaired) electrons. The van der Waals surface area contributed by atoms with Gasteiger partial charge in [-0.05, 0) is 24.3 Å². The van der Waals surface area contributed by atoms with E-state index >= 15 is 0 Å². The number of hydrogen-bond donors (Lipinski definition) is 1. The van der Waals surface area contributed by atoms with Gasteiger partial charge in [-0.2, -0.15) is 0 Å². The molecule has 0 unspecified atom stereocenters. The zero-order valence-electron chi connectivity index (χ0n) is 11.2. The number of benzene rings is 1. The first kappa shape index (κ1) is 13.2. The van der Waals surface area contributed by atoms with Crippen LogP contribution in [0.2, 0.25) is 0 Å². The Morgan fingerprint density at radius 3 is 2.62 bits per heavy atom. The fraction of sp³-hybridized carbons (Fsp3) is 0.231. The van der Waals surface area contributed by atoms with Crippen LogP contribution in [0.25, 0.3) is 0 Å². The third kappa shape index (κ3) is 2.14. The highest BCUT2D eigenvalue weighted by molar-refractivity contribution is 5.91. The minimum atomic E-state index is -0.567. The topological polar surface area (TPSA) is 80.1 Å². The normalized spacial score (nSPS) is 13.1. The van der Waals surface area contributed by atoms with Gasteiger partial charge in [0.15, 0.2) is 0 Å². The first-order valence-electron chi connectivity index (χ1n) is 6.34. The van der Waals surface area contributed by atoms with Gasteiger partial charge in [0.1, 0.15) is 5.82 Å². The van der Waals surface area contributed by atoms with Crippen molar-refractivity contribution < 1.29 is 9.18 Å². The molecule has 0 saturated heterocycles. The molecule has 0 bridgehead atoms. The Morgan fingerprint density at radius 1 is 1.24 bits per heavy atom. The van der Waals surface area contributed by atoms with Crippen molar-refractivity contribution in [3.8, 4) is 0 Å². The number of carbonyl (C=O) groups excluding carboxylic acids is 1. The molecule has 21 heavy (non-hydrogen) atoms. The highest BCUT2D eigenvalue weighted by Gasteiger charge is 2.26. The maximum atomic E-state index is 13.0. The Kier molecular flexibility index (Phi) is 3.13. The minimum Gasteiger partial charge on any atom is -0.354 e. The molecule has 1 aromatic carbocycles. The number of aromatic nitrogens is 3. The molecule has 7 nitrogen and oxygen atoms in total. The molecular formula is C13H12FN5O2. The van der Waals surface area contributed by atoms with Crippen LogP contribution in [0.15, 0.2) is 29.1 Å². The first-order chi connectivity index (χ1) is 10.1. The van der Waals surface area contributed by atoms with Gasteiger partial charge in [0.25, 0.3) is 11.5 Å². The van der Waals surface area contributed by atoms with Gasteiger partial charge in [0.2, 0.25) is 11.6 Å². The number of hydrogen-bond acceptors (Lipinski definition) is 5. The van der Waals surface area contributed by atoms with Gasteiger partial charge in [-0.1, -0.05) is 0 Å². The maximum Gasteiger partial charge on any atom is 0.286 e. The zero-order chi connectivity index (χ0) is 15.0. The van der Waals surface area contributed by atoms with Crippen molar-refractivity contribution in [3.63, 3.8) is 0 Å². The Balaban J connectivity index is 2.04. The largest absolute Gasteiger partial charge is 0.354 e. The van der Waals surface area contributed by atoms with E-state index in [0.29, 0.717) is 24.7 Å². The second kappa shape index (κ2) is 4.97. The van der Waals surface area contributed by atoms with Crippen LogP contribution in [-0.2, 0) is 6.54 Å². The van der Waals surface area contributed by atoms with E-state index in [9.17, 15) is 14.0 Å². The molecule has 1 amide bonds. The molecule has 2 heterocycles. The lowest BCUT2D eigenvalue weighted by Crippen LogP contribution is -2.33. The number of fused-ring (bicyclic) bond motifs is 1. The second-order valence-electron chi connectivity index (χ2n) is 4.51. The van der Waals surface area contributed by atoms with Crippen LogP contribution >= 0.6 is 0 Å². The molecule has 1 aliphatic heterocycles. The van der Waals surface area contributed by atoms with Crippen LogP contribution in [0, 0.1) is 5.82 Å². The fourth-order valence-electron chi connectivity index (χ4n) is 2.24. The van der Waals surface area contributed by atoms with Gasteiger partial charge in [0, 0.05) is 25.8 Å². The third-order valence-electron chi connectivity index (χ3n) is 3.30. The Bertz CT molecular complexity index is 756. The van der Waals surface area contributed by atoms with Gasteiger partial charge < -0.3 is 10.2 Å². The van der Waals surface area contributed by atoms with Crippen LogP contribution in [0.5, 0.6) is 0 Å². The molecule has 0 spiro atoms. The summed E-state index contributed by atoms with van der Waals surface area (Å²) in [5.41, 5.74) is -0.00443. The molecule has 0 aliphatic carbocycles. The smallest absolute Gasteiger partial charge is 0.286 e. The fourth-order valence-corrected chi connectivity index (χ4v) is 2.24. The third-order valence-corrected chi connectivity index (χ3v) is 3.30. The summed E-state index contributed by atoms with van der Waals surface area (Å²) in [6, 6.07) is 5.87. The first-order valence-corrected chi connectivity index (χ1v) is 6.34. The van der Waals surface area contributed by atoms with E-state index in [0.717, 1.165) is 0 Å². The van der Waals surface area contributed by atoms with Gasteiger partial charge in [0.05, 0.1) is 0 Å². The summed E-state index contributed by atoms with van der Waals surface area (Å²) in [6.07, 6.45) is 0. The van der Waals surface area contributed by atoms with Crippen LogP contribution < -0.4 is 15.8 Å². The quantitative estimate of drug-likeness (QED) is 0.859. The molecule has 108 valence electrons. The number of carbonyl (C=O) groups is 1. The molecule has 1 aromatic heterocycles. The summed E-state index contributed by atoms with van der Waals surface area (Å²) in [7, 11) is 1.42. The number of anilines is 2. The van der Waals surface area contributed by atoms with Crippen LogP contribution in [0.1, 0.15) is 10.5 Å². The van der Waals surface area contributed by atoms with Crippen LogP contribution in [0.3, 0.4) is 0 Å². The molecule has 0 saturated carbocycles. The van der Waals surface area contributed by atoms with Crippen molar-refractivity contribution >= 4 is 17.5 Å².